The topological polar surface area (TPSA) is 90.7 Å². The lowest BCUT2D eigenvalue weighted by Gasteiger charge is -2.18. The first-order valence-corrected chi connectivity index (χ1v) is 8.30. The maximum Gasteiger partial charge on any atom is 0.338 e. The third-order valence-electron chi connectivity index (χ3n) is 3.52. The fraction of sp³-hybridized carbons (Fsp3) is 0.118. The van der Waals surface area contributed by atoms with Gasteiger partial charge in [-0.2, -0.15) is 0 Å². The lowest BCUT2D eigenvalue weighted by Crippen LogP contribution is -2.25. The second kappa shape index (κ2) is 6.40. The van der Waals surface area contributed by atoms with E-state index in [0.29, 0.717) is 28.5 Å². The van der Waals surface area contributed by atoms with E-state index in [-0.39, 0.29) is 19.1 Å². The van der Waals surface area contributed by atoms with E-state index in [1.807, 2.05) is 17.5 Å². The summed E-state index contributed by atoms with van der Waals surface area (Å²) in [5.41, 5.74) is 1.39. The Morgan fingerprint density at radius 1 is 1.32 bits per heavy atom. The summed E-state index contributed by atoms with van der Waals surface area (Å²) in [6.07, 6.45) is 0. The van der Waals surface area contributed by atoms with Crippen LogP contribution in [0.3, 0.4) is 0 Å². The van der Waals surface area contributed by atoms with Crippen LogP contribution in [0.15, 0.2) is 46.3 Å². The predicted octanol–water partition coefficient (Wildman–Crippen LogP) is 3.09. The van der Waals surface area contributed by atoms with Gasteiger partial charge in [0.2, 0.25) is 0 Å². The summed E-state index contributed by atoms with van der Waals surface area (Å²) >= 11 is 1.54. The van der Waals surface area contributed by atoms with Gasteiger partial charge in [0.25, 0.3) is 5.91 Å². The van der Waals surface area contributed by atoms with E-state index in [1.165, 1.54) is 17.4 Å². The van der Waals surface area contributed by atoms with Gasteiger partial charge >= 0.3 is 5.97 Å². The number of ether oxygens (including phenoxy) is 2. The van der Waals surface area contributed by atoms with Crippen LogP contribution in [0.25, 0.3) is 10.6 Å². The Balaban J connectivity index is 1.42. The third kappa shape index (κ3) is 3.24. The molecule has 3 aromatic rings. The van der Waals surface area contributed by atoms with Crippen molar-refractivity contribution in [2.24, 2.45) is 0 Å². The number of benzene rings is 1. The van der Waals surface area contributed by atoms with Crippen LogP contribution in [-0.2, 0) is 16.1 Å². The zero-order valence-electron chi connectivity index (χ0n) is 12.9. The summed E-state index contributed by atoms with van der Waals surface area (Å²) in [6.45, 7) is -0.0711. The van der Waals surface area contributed by atoms with Crippen LogP contribution in [-0.4, -0.2) is 23.6 Å². The van der Waals surface area contributed by atoms with E-state index < -0.39 is 5.97 Å². The molecule has 1 aliphatic rings. The van der Waals surface area contributed by atoms with Gasteiger partial charge in [0.05, 0.1) is 16.1 Å². The van der Waals surface area contributed by atoms with Crippen molar-refractivity contribution in [3.63, 3.8) is 0 Å². The molecular weight excluding hydrogens is 344 g/mol. The minimum atomic E-state index is -0.510. The standard InChI is InChI=1S/C17H12N2O5S/c20-16-9-22-13-6-10(3-4-12(13)18-16)17(21)23-8-11-7-14(24-19-11)15-2-1-5-25-15/h1-7H,8-9H2,(H,18,20). The Labute approximate surface area is 146 Å². The highest BCUT2D eigenvalue weighted by Crippen LogP contribution is 2.29. The van der Waals surface area contributed by atoms with Crippen molar-refractivity contribution in [3.05, 3.63) is 53.0 Å². The summed E-state index contributed by atoms with van der Waals surface area (Å²) < 4.78 is 15.8. The number of nitrogens with zero attached hydrogens (tertiary/aromatic N) is 1. The van der Waals surface area contributed by atoms with Crippen molar-refractivity contribution < 1.29 is 23.6 Å². The smallest absolute Gasteiger partial charge is 0.338 e. The van der Waals surface area contributed by atoms with Crippen molar-refractivity contribution in [3.8, 4) is 16.4 Å². The molecule has 0 spiro atoms. The average molecular weight is 356 g/mol. The second-order valence-corrected chi connectivity index (χ2v) is 6.23. The van der Waals surface area contributed by atoms with Crippen LogP contribution in [0.4, 0.5) is 5.69 Å². The van der Waals surface area contributed by atoms with Gasteiger partial charge < -0.3 is 19.3 Å². The van der Waals surface area contributed by atoms with Crippen LogP contribution >= 0.6 is 11.3 Å². The molecule has 0 saturated carbocycles. The number of rotatable bonds is 4. The van der Waals surface area contributed by atoms with Gasteiger partial charge in [-0.3, -0.25) is 4.79 Å². The zero-order chi connectivity index (χ0) is 17.2. The number of anilines is 1. The lowest BCUT2D eigenvalue weighted by molar-refractivity contribution is -0.118. The van der Waals surface area contributed by atoms with Crippen LogP contribution in [0.1, 0.15) is 16.1 Å². The van der Waals surface area contributed by atoms with Crippen LogP contribution < -0.4 is 10.1 Å². The molecule has 1 N–H and O–H groups in total. The number of fused-ring (bicyclic) bond motifs is 1. The summed E-state index contributed by atoms with van der Waals surface area (Å²) in [6, 6.07) is 10.3. The summed E-state index contributed by atoms with van der Waals surface area (Å²) in [5.74, 6) is 0.341. The van der Waals surface area contributed by atoms with Gasteiger partial charge in [-0.05, 0) is 29.6 Å². The minimum absolute atomic E-state index is 0.00237. The molecule has 0 fully saturated rings. The zero-order valence-corrected chi connectivity index (χ0v) is 13.7. The third-order valence-corrected chi connectivity index (χ3v) is 4.41. The minimum Gasteiger partial charge on any atom is -0.482 e. The molecule has 3 heterocycles. The summed E-state index contributed by atoms with van der Waals surface area (Å²) in [5, 5.41) is 8.50. The number of amides is 1. The molecule has 1 amide bonds. The highest BCUT2D eigenvalue weighted by atomic mass is 32.1. The first-order valence-electron chi connectivity index (χ1n) is 7.42. The van der Waals surface area contributed by atoms with Gasteiger partial charge in [-0.1, -0.05) is 11.2 Å². The van der Waals surface area contributed by atoms with Crippen molar-refractivity contribution in [1.82, 2.24) is 5.16 Å². The number of thiophene rings is 1. The highest BCUT2D eigenvalue weighted by molar-refractivity contribution is 7.13. The van der Waals surface area contributed by atoms with Crippen molar-refractivity contribution in [2.45, 2.75) is 6.61 Å². The van der Waals surface area contributed by atoms with Gasteiger partial charge in [-0.25, -0.2) is 4.79 Å². The molecule has 0 saturated heterocycles. The molecular formula is C17H12N2O5S. The first-order chi connectivity index (χ1) is 12.2. The number of esters is 1. The quantitative estimate of drug-likeness (QED) is 0.723. The number of hydrogen-bond donors (Lipinski definition) is 1. The van der Waals surface area contributed by atoms with Crippen LogP contribution in [0.5, 0.6) is 5.75 Å². The number of aromatic nitrogens is 1. The molecule has 0 unspecified atom stereocenters. The number of nitrogens with one attached hydrogen (secondary N) is 1. The van der Waals surface area contributed by atoms with E-state index in [9.17, 15) is 9.59 Å². The number of carbonyl (C=O) groups is 2. The maximum atomic E-state index is 12.2. The van der Waals surface area contributed by atoms with Crippen molar-refractivity contribution in [2.75, 3.05) is 11.9 Å². The maximum absolute atomic E-state index is 12.2. The second-order valence-electron chi connectivity index (χ2n) is 5.28. The molecule has 2 aromatic heterocycles. The van der Waals surface area contributed by atoms with Crippen LogP contribution in [0.2, 0.25) is 0 Å². The van der Waals surface area contributed by atoms with Crippen molar-refractivity contribution >= 4 is 28.9 Å². The Hall–Kier alpha value is -3.13. The Bertz CT molecular complexity index is 932. The molecule has 1 aliphatic heterocycles. The predicted molar refractivity (Wildman–Crippen MR) is 89.5 cm³/mol. The molecule has 0 atom stereocenters. The SMILES string of the molecule is O=C1COc2cc(C(=O)OCc3cc(-c4cccs4)on3)ccc2N1. The van der Waals surface area contributed by atoms with Gasteiger partial charge in [0.15, 0.2) is 12.4 Å². The van der Waals surface area contributed by atoms with E-state index in [1.54, 1.807) is 18.2 Å². The fourth-order valence-electron chi connectivity index (χ4n) is 2.34. The van der Waals surface area contributed by atoms with Gasteiger partial charge in [0.1, 0.15) is 18.1 Å². The van der Waals surface area contributed by atoms with Crippen LogP contribution in [0, 0.1) is 0 Å². The molecule has 0 radical (unpaired) electrons. The van der Waals surface area contributed by atoms with Gasteiger partial charge in [0, 0.05) is 6.07 Å². The lowest BCUT2D eigenvalue weighted by atomic mass is 10.1. The summed E-state index contributed by atoms with van der Waals surface area (Å²) in [7, 11) is 0. The van der Waals surface area contributed by atoms with E-state index in [4.69, 9.17) is 14.0 Å². The summed E-state index contributed by atoms with van der Waals surface area (Å²) in [4.78, 5) is 24.4. The molecule has 0 aliphatic carbocycles. The Morgan fingerprint density at radius 2 is 2.24 bits per heavy atom. The number of hydrogen-bond acceptors (Lipinski definition) is 7. The molecule has 7 nitrogen and oxygen atoms in total. The van der Waals surface area contributed by atoms with E-state index >= 15 is 0 Å². The van der Waals surface area contributed by atoms with Gasteiger partial charge in [-0.15, -0.1) is 11.3 Å². The molecule has 126 valence electrons. The Morgan fingerprint density at radius 3 is 3.08 bits per heavy atom. The fourth-order valence-corrected chi connectivity index (χ4v) is 3.01. The highest BCUT2D eigenvalue weighted by Gasteiger charge is 2.19. The average Bonchev–Trinajstić information content (AvgIpc) is 3.30. The molecule has 4 rings (SSSR count). The Kier molecular flexibility index (Phi) is 3.95. The largest absolute Gasteiger partial charge is 0.482 e. The molecule has 8 heteroatoms. The van der Waals surface area contributed by atoms with E-state index in [2.05, 4.69) is 10.5 Å². The van der Waals surface area contributed by atoms with Crippen molar-refractivity contribution in [1.29, 1.82) is 0 Å². The molecule has 0 bridgehead atoms. The normalized spacial score (nSPS) is 12.9. The van der Waals surface area contributed by atoms with E-state index in [0.717, 1.165) is 4.88 Å². The molecule has 1 aromatic carbocycles. The monoisotopic (exact) mass is 356 g/mol. The molecule has 25 heavy (non-hydrogen) atoms. The number of carbonyl (C=O) groups excluding carboxylic acids is 2. The first kappa shape index (κ1) is 15.4.